The van der Waals surface area contributed by atoms with Crippen LogP contribution in [0.4, 0.5) is 13.2 Å². The van der Waals surface area contributed by atoms with Gasteiger partial charge in [0.25, 0.3) is 5.91 Å². The van der Waals surface area contributed by atoms with Gasteiger partial charge < -0.3 is 19.1 Å². The number of rotatable bonds is 4. The monoisotopic (exact) mass is 359 g/mol. The molecule has 1 aromatic carbocycles. The van der Waals surface area contributed by atoms with Crippen molar-refractivity contribution in [3.8, 4) is 5.75 Å². The third-order valence-corrected chi connectivity index (χ3v) is 4.37. The molecule has 138 valence electrons. The van der Waals surface area contributed by atoms with Crippen molar-refractivity contribution in [2.45, 2.75) is 37.8 Å². The minimum atomic E-state index is -4.53. The van der Waals surface area contributed by atoms with Crippen molar-refractivity contribution < 1.29 is 32.2 Å². The van der Waals surface area contributed by atoms with Crippen LogP contribution in [-0.4, -0.2) is 49.5 Å². The molecule has 0 aliphatic carbocycles. The Bertz CT molecular complexity index is 602. The molecule has 0 bridgehead atoms. The summed E-state index contributed by atoms with van der Waals surface area (Å²) in [6.45, 7) is 1.05. The van der Waals surface area contributed by atoms with Crippen molar-refractivity contribution in [1.29, 1.82) is 0 Å². The number of piperidine rings is 1. The number of alkyl halides is 3. The molecule has 2 fully saturated rings. The Morgan fingerprint density at radius 2 is 1.92 bits per heavy atom. The summed E-state index contributed by atoms with van der Waals surface area (Å²) in [6.07, 6.45) is -2.45. The van der Waals surface area contributed by atoms with Crippen LogP contribution in [0.5, 0.6) is 5.75 Å². The second-order valence-corrected chi connectivity index (χ2v) is 6.04. The van der Waals surface area contributed by atoms with Gasteiger partial charge in [0.1, 0.15) is 5.75 Å². The Balaban J connectivity index is 1.65. The normalized spacial score (nSPS) is 22.2. The number of carbonyl (C=O) groups is 1. The molecular formula is C17H20F3NO4. The van der Waals surface area contributed by atoms with Crippen molar-refractivity contribution in [2.75, 3.05) is 26.4 Å². The van der Waals surface area contributed by atoms with Gasteiger partial charge >= 0.3 is 6.18 Å². The first-order valence-electron chi connectivity index (χ1n) is 8.28. The first-order chi connectivity index (χ1) is 12.0. The molecule has 3 rings (SSSR count). The zero-order valence-corrected chi connectivity index (χ0v) is 13.6. The molecule has 1 unspecified atom stereocenters. The molecule has 1 atom stereocenters. The van der Waals surface area contributed by atoms with Crippen LogP contribution in [0.1, 0.15) is 24.8 Å². The molecule has 0 aromatic heterocycles. The lowest BCUT2D eigenvalue weighted by Gasteiger charge is -2.37. The average Bonchev–Trinajstić information content (AvgIpc) is 3.13. The fourth-order valence-corrected chi connectivity index (χ4v) is 3.20. The lowest BCUT2D eigenvalue weighted by atomic mass is 10.0. The van der Waals surface area contributed by atoms with Crippen LogP contribution < -0.4 is 4.74 Å². The van der Waals surface area contributed by atoms with E-state index in [-0.39, 0.29) is 17.7 Å². The second-order valence-electron chi connectivity index (χ2n) is 6.04. The average molecular weight is 359 g/mol. The molecular weight excluding hydrogens is 339 g/mol. The van der Waals surface area contributed by atoms with E-state index >= 15 is 0 Å². The Hall–Kier alpha value is -1.80. The summed E-state index contributed by atoms with van der Waals surface area (Å²) in [4.78, 5) is 14.1. The topological polar surface area (TPSA) is 48.0 Å². The molecule has 2 aliphatic heterocycles. The summed E-state index contributed by atoms with van der Waals surface area (Å²) < 4.78 is 55.1. The summed E-state index contributed by atoms with van der Waals surface area (Å²) in [5.41, 5.74) is -0.888. The highest BCUT2D eigenvalue weighted by Crippen LogP contribution is 2.36. The zero-order chi connectivity index (χ0) is 17.9. The molecule has 1 aromatic rings. The number of para-hydroxylation sites is 1. The fourth-order valence-electron chi connectivity index (χ4n) is 3.20. The molecule has 5 nitrogen and oxygen atoms in total. The van der Waals surface area contributed by atoms with Crippen LogP contribution >= 0.6 is 0 Å². The number of likely N-dealkylation sites (tertiary alicyclic amines) is 1. The number of benzene rings is 1. The Morgan fingerprint density at radius 3 is 2.64 bits per heavy atom. The maximum absolute atomic E-state index is 13.0. The molecule has 0 saturated carbocycles. The van der Waals surface area contributed by atoms with Crippen molar-refractivity contribution in [3.05, 3.63) is 29.8 Å². The molecule has 25 heavy (non-hydrogen) atoms. The quantitative estimate of drug-likeness (QED) is 0.830. The van der Waals surface area contributed by atoms with Crippen LogP contribution in [0, 0.1) is 0 Å². The Morgan fingerprint density at radius 1 is 1.20 bits per heavy atom. The molecule has 1 amide bonds. The van der Waals surface area contributed by atoms with E-state index in [9.17, 15) is 18.0 Å². The van der Waals surface area contributed by atoms with Gasteiger partial charge in [-0.2, -0.15) is 13.2 Å². The SMILES string of the molecule is O=C(COc1ccccc1C(F)(F)F)N1CCCCC1C1OCCO1. The first kappa shape index (κ1) is 18.0. The molecule has 2 aliphatic rings. The van der Waals surface area contributed by atoms with Crippen molar-refractivity contribution >= 4 is 5.91 Å². The largest absolute Gasteiger partial charge is 0.483 e. The van der Waals surface area contributed by atoms with E-state index in [1.165, 1.54) is 18.2 Å². The molecule has 0 radical (unpaired) electrons. The molecule has 2 heterocycles. The van der Waals surface area contributed by atoms with Crippen molar-refractivity contribution in [2.24, 2.45) is 0 Å². The molecule has 0 spiro atoms. The highest BCUT2D eigenvalue weighted by molar-refractivity contribution is 5.78. The predicted molar refractivity (Wildman–Crippen MR) is 82.0 cm³/mol. The minimum Gasteiger partial charge on any atom is -0.483 e. The smallest absolute Gasteiger partial charge is 0.419 e. The highest BCUT2D eigenvalue weighted by Gasteiger charge is 2.37. The summed E-state index contributed by atoms with van der Waals surface area (Å²) in [5, 5.41) is 0. The Labute approximate surface area is 143 Å². The molecule has 0 N–H and O–H groups in total. The van der Waals surface area contributed by atoms with Gasteiger partial charge in [-0.3, -0.25) is 4.79 Å². The van der Waals surface area contributed by atoms with Gasteiger partial charge in [-0.25, -0.2) is 0 Å². The van der Waals surface area contributed by atoms with Crippen LogP contribution in [0.15, 0.2) is 24.3 Å². The third-order valence-electron chi connectivity index (χ3n) is 4.37. The van der Waals surface area contributed by atoms with E-state index in [2.05, 4.69) is 0 Å². The maximum Gasteiger partial charge on any atom is 0.419 e. The summed E-state index contributed by atoms with van der Waals surface area (Å²) >= 11 is 0. The number of halogens is 3. The highest BCUT2D eigenvalue weighted by atomic mass is 19.4. The number of ether oxygens (including phenoxy) is 3. The van der Waals surface area contributed by atoms with E-state index in [1.54, 1.807) is 4.90 Å². The predicted octanol–water partition coefficient (Wildman–Crippen LogP) is 2.84. The first-order valence-corrected chi connectivity index (χ1v) is 8.28. The minimum absolute atomic E-state index is 0.217. The molecule has 8 heteroatoms. The van der Waals surface area contributed by atoms with Gasteiger partial charge in [-0.1, -0.05) is 12.1 Å². The Kier molecular flexibility index (Phi) is 5.48. The number of hydrogen-bond acceptors (Lipinski definition) is 4. The van der Waals surface area contributed by atoms with Crippen LogP contribution in [-0.2, 0) is 20.4 Å². The van der Waals surface area contributed by atoms with Gasteiger partial charge in [0.05, 0.1) is 24.8 Å². The number of carbonyl (C=O) groups excluding carboxylic acids is 1. The summed E-state index contributed by atoms with van der Waals surface area (Å²) in [6, 6.07) is 4.66. The lowest BCUT2D eigenvalue weighted by molar-refractivity contribution is -0.153. The van der Waals surface area contributed by atoms with Gasteiger partial charge in [0.2, 0.25) is 0 Å². The van der Waals surface area contributed by atoms with Crippen LogP contribution in [0.25, 0.3) is 0 Å². The summed E-state index contributed by atoms with van der Waals surface area (Å²) in [7, 11) is 0. The van der Waals surface area contributed by atoms with E-state index < -0.39 is 24.6 Å². The van der Waals surface area contributed by atoms with Crippen molar-refractivity contribution in [1.82, 2.24) is 4.90 Å². The van der Waals surface area contributed by atoms with Gasteiger partial charge in [0, 0.05) is 6.54 Å². The van der Waals surface area contributed by atoms with E-state index in [1.807, 2.05) is 0 Å². The standard InChI is InChI=1S/C17H20F3NO4/c18-17(19,20)12-5-1-2-7-14(12)25-11-15(22)21-8-4-3-6-13(21)16-23-9-10-24-16/h1-2,5,7,13,16H,3-4,6,8-11H2. The lowest BCUT2D eigenvalue weighted by Crippen LogP contribution is -2.51. The van der Waals surface area contributed by atoms with Crippen molar-refractivity contribution in [3.63, 3.8) is 0 Å². The van der Waals surface area contributed by atoms with Gasteiger partial charge in [0.15, 0.2) is 12.9 Å². The summed E-state index contributed by atoms with van der Waals surface area (Å²) in [5.74, 6) is -0.703. The van der Waals surface area contributed by atoms with Gasteiger partial charge in [-0.15, -0.1) is 0 Å². The second kappa shape index (κ2) is 7.61. The van der Waals surface area contributed by atoms with E-state index in [0.29, 0.717) is 19.8 Å². The fraction of sp³-hybridized carbons (Fsp3) is 0.588. The maximum atomic E-state index is 13.0. The van der Waals surface area contributed by atoms with E-state index in [4.69, 9.17) is 14.2 Å². The number of nitrogens with zero attached hydrogens (tertiary/aromatic N) is 1. The number of hydrogen-bond donors (Lipinski definition) is 0. The van der Waals surface area contributed by atoms with Crippen LogP contribution in [0.2, 0.25) is 0 Å². The number of amides is 1. The van der Waals surface area contributed by atoms with E-state index in [0.717, 1.165) is 25.3 Å². The molecule has 2 saturated heterocycles. The van der Waals surface area contributed by atoms with Gasteiger partial charge in [-0.05, 0) is 31.4 Å². The third kappa shape index (κ3) is 4.24. The zero-order valence-electron chi connectivity index (χ0n) is 13.6. The van der Waals surface area contributed by atoms with Crippen LogP contribution in [0.3, 0.4) is 0 Å².